The van der Waals surface area contributed by atoms with E-state index in [1.54, 1.807) is 50.2 Å². The summed E-state index contributed by atoms with van der Waals surface area (Å²) in [5, 5.41) is 3.09. The van der Waals surface area contributed by atoms with Gasteiger partial charge in [0.25, 0.3) is 15.9 Å². The maximum absolute atomic E-state index is 13.3. The monoisotopic (exact) mass is 488 g/mol. The van der Waals surface area contributed by atoms with E-state index in [4.69, 9.17) is 16.3 Å². The van der Waals surface area contributed by atoms with Crippen molar-refractivity contribution < 1.29 is 17.9 Å². The Labute approximate surface area is 198 Å². The molecule has 0 unspecified atom stereocenters. The number of ether oxygens (including phenoxy) is 1. The lowest BCUT2D eigenvalue weighted by Gasteiger charge is -2.14. The molecule has 8 nitrogen and oxygen atoms in total. The Morgan fingerprint density at radius 1 is 1.12 bits per heavy atom. The number of halogens is 1. The standard InChI is InChI=1S/C23H25ClN4O4S/c1-15-6-8-17(9-7-15)33(30,31)28-13-12-18(22(28)25-14-27(3)4)23(29)26-21-16(2)20(32-5)11-10-19(21)24/h6-14H,1-5H3,(H,26,29). The van der Waals surface area contributed by atoms with Crippen LogP contribution in [0.3, 0.4) is 0 Å². The van der Waals surface area contributed by atoms with E-state index in [-0.39, 0.29) is 16.3 Å². The van der Waals surface area contributed by atoms with Gasteiger partial charge < -0.3 is 15.0 Å². The minimum absolute atomic E-state index is 0.0292. The van der Waals surface area contributed by atoms with E-state index in [9.17, 15) is 13.2 Å². The Balaban J connectivity index is 2.09. The molecule has 3 aromatic rings. The first-order chi connectivity index (χ1) is 15.6. The molecule has 2 aromatic carbocycles. The van der Waals surface area contributed by atoms with Crippen LogP contribution in [0.4, 0.5) is 11.5 Å². The number of benzene rings is 2. The highest BCUT2D eigenvalue weighted by atomic mass is 35.5. The number of carbonyl (C=O) groups excluding carboxylic acids is 1. The van der Waals surface area contributed by atoms with E-state index < -0.39 is 15.9 Å². The van der Waals surface area contributed by atoms with Crippen molar-refractivity contribution in [1.82, 2.24) is 8.87 Å². The molecule has 0 saturated carbocycles. The quantitative estimate of drug-likeness (QED) is 0.391. The Morgan fingerprint density at radius 2 is 1.79 bits per heavy atom. The molecule has 0 aliphatic heterocycles. The van der Waals surface area contributed by atoms with Crippen molar-refractivity contribution in [2.24, 2.45) is 4.99 Å². The van der Waals surface area contributed by atoms with Gasteiger partial charge in [0.1, 0.15) is 5.75 Å². The van der Waals surface area contributed by atoms with Crippen LogP contribution in [0.1, 0.15) is 21.5 Å². The van der Waals surface area contributed by atoms with Gasteiger partial charge in [-0.25, -0.2) is 17.4 Å². The number of aromatic nitrogens is 1. The van der Waals surface area contributed by atoms with Crippen molar-refractivity contribution in [3.05, 3.63) is 70.4 Å². The molecule has 0 saturated heterocycles. The number of hydrogen-bond acceptors (Lipinski definition) is 5. The van der Waals surface area contributed by atoms with Gasteiger partial charge in [-0.1, -0.05) is 29.3 Å². The first kappa shape index (κ1) is 24.3. The van der Waals surface area contributed by atoms with Gasteiger partial charge in [-0.15, -0.1) is 0 Å². The maximum atomic E-state index is 13.3. The van der Waals surface area contributed by atoms with Crippen LogP contribution in [0.25, 0.3) is 0 Å². The average Bonchev–Trinajstić information content (AvgIpc) is 3.20. The van der Waals surface area contributed by atoms with Gasteiger partial charge in [-0.3, -0.25) is 4.79 Å². The van der Waals surface area contributed by atoms with Gasteiger partial charge >= 0.3 is 0 Å². The molecule has 33 heavy (non-hydrogen) atoms. The summed E-state index contributed by atoms with van der Waals surface area (Å²) < 4.78 is 32.9. The second-order valence-corrected chi connectivity index (χ2v) is 9.80. The molecule has 0 atom stereocenters. The van der Waals surface area contributed by atoms with Gasteiger partial charge in [0.2, 0.25) is 0 Å². The summed E-state index contributed by atoms with van der Waals surface area (Å²) in [4.78, 5) is 19.2. The van der Waals surface area contributed by atoms with E-state index in [2.05, 4.69) is 10.3 Å². The van der Waals surface area contributed by atoms with Crippen LogP contribution in [-0.4, -0.2) is 50.7 Å². The second kappa shape index (κ2) is 9.68. The van der Waals surface area contributed by atoms with Crippen LogP contribution in [0, 0.1) is 13.8 Å². The molecule has 0 radical (unpaired) electrons. The number of amides is 1. The number of anilines is 1. The lowest BCUT2D eigenvalue weighted by Crippen LogP contribution is -2.16. The van der Waals surface area contributed by atoms with Crippen LogP contribution in [0.2, 0.25) is 5.02 Å². The van der Waals surface area contributed by atoms with Crippen LogP contribution < -0.4 is 10.1 Å². The third kappa shape index (κ3) is 5.04. The number of nitrogens with zero attached hydrogens (tertiary/aromatic N) is 3. The normalized spacial score (nSPS) is 11.6. The van der Waals surface area contributed by atoms with Crippen LogP contribution in [-0.2, 0) is 10.0 Å². The molecule has 1 aromatic heterocycles. The minimum Gasteiger partial charge on any atom is -0.496 e. The molecule has 1 N–H and O–H groups in total. The summed E-state index contributed by atoms with van der Waals surface area (Å²) in [5.74, 6) is -0.0319. The molecule has 174 valence electrons. The van der Waals surface area contributed by atoms with Crippen LogP contribution in [0.5, 0.6) is 5.75 Å². The van der Waals surface area contributed by atoms with Gasteiger partial charge in [-0.2, -0.15) is 0 Å². The summed E-state index contributed by atoms with van der Waals surface area (Å²) in [6, 6.07) is 11.2. The fraction of sp³-hybridized carbons (Fsp3) is 0.217. The number of nitrogens with one attached hydrogen (secondary N) is 1. The summed E-state index contributed by atoms with van der Waals surface area (Å²) in [6.45, 7) is 3.63. The Morgan fingerprint density at radius 3 is 2.39 bits per heavy atom. The molecule has 1 heterocycles. The summed E-state index contributed by atoms with van der Waals surface area (Å²) in [7, 11) is 1.01. The molecule has 1 amide bonds. The summed E-state index contributed by atoms with van der Waals surface area (Å²) >= 11 is 6.30. The van der Waals surface area contributed by atoms with E-state index in [1.165, 1.54) is 37.8 Å². The number of methoxy groups -OCH3 is 1. The second-order valence-electron chi connectivity index (χ2n) is 7.58. The van der Waals surface area contributed by atoms with Crippen LogP contribution in [0.15, 0.2) is 58.5 Å². The zero-order valence-electron chi connectivity index (χ0n) is 19.0. The smallest absolute Gasteiger partial charge is 0.269 e. The highest BCUT2D eigenvalue weighted by Crippen LogP contribution is 2.34. The Bertz CT molecular complexity index is 1310. The Kier molecular flexibility index (Phi) is 7.14. The molecule has 0 aliphatic carbocycles. The molecular formula is C23H25ClN4O4S. The number of rotatable bonds is 7. The fourth-order valence-corrected chi connectivity index (χ4v) is 4.67. The number of carbonyl (C=O) groups is 1. The molecule has 3 rings (SSSR count). The highest BCUT2D eigenvalue weighted by molar-refractivity contribution is 7.90. The number of aliphatic imine (C=N–C) groups is 1. The third-order valence-corrected chi connectivity index (χ3v) is 6.88. The molecule has 0 aliphatic rings. The largest absolute Gasteiger partial charge is 0.496 e. The van der Waals surface area contributed by atoms with E-state index in [0.717, 1.165) is 9.54 Å². The Hall–Kier alpha value is -3.30. The molecular weight excluding hydrogens is 464 g/mol. The predicted molar refractivity (Wildman–Crippen MR) is 131 cm³/mol. The topological polar surface area (TPSA) is 93.0 Å². The van der Waals surface area contributed by atoms with Gasteiger partial charge in [0.15, 0.2) is 5.82 Å². The third-order valence-electron chi connectivity index (χ3n) is 4.88. The maximum Gasteiger partial charge on any atom is 0.269 e. The van der Waals surface area contributed by atoms with Gasteiger partial charge in [-0.05, 0) is 44.2 Å². The summed E-state index contributed by atoms with van der Waals surface area (Å²) in [5.41, 5.74) is 2.01. The average molecular weight is 489 g/mol. The van der Waals surface area contributed by atoms with Crippen molar-refractivity contribution >= 4 is 45.4 Å². The van der Waals surface area contributed by atoms with Crippen molar-refractivity contribution in [1.29, 1.82) is 0 Å². The molecule has 0 bridgehead atoms. The lowest BCUT2D eigenvalue weighted by atomic mass is 10.1. The fourth-order valence-electron chi connectivity index (χ4n) is 3.11. The van der Waals surface area contributed by atoms with Crippen molar-refractivity contribution in [2.75, 3.05) is 26.5 Å². The molecule has 0 spiro atoms. The lowest BCUT2D eigenvalue weighted by molar-refractivity contribution is 0.102. The summed E-state index contributed by atoms with van der Waals surface area (Å²) in [6.07, 6.45) is 2.74. The van der Waals surface area contributed by atoms with Gasteiger partial charge in [0, 0.05) is 25.9 Å². The van der Waals surface area contributed by atoms with Crippen molar-refractivity contribution in [3.63, 3.8) is 0 Å². The van der Waals surface area contributed by atoms with Gasteiger partial charge in [0.05, 0.1) is 34.6 Å². The number of hydrogen-bond donors (Lipinski definition) is 1. The first-order valence-corrected chi connectivity index (χ1v) is 11.8. The first-order valence-electron chi connectivity index (χ1n) is 9.95. The minimum atomic E-state index is -3.99. The zero-order valence-corrected chi connectivity index (χ0v) is 20.5. The molecule has 10 heteroatoms. The molecule has 0 fully saturated rings. The number of aryl methyl sites for hydroxylation is 1. The zero-order chi connectivity index (χ0) is 24.3. The highest BCUT2D eigenvalue weighted by Gasteiger charge is 2.25. The van der Waals surface area contributed by atoms with Crippen molar-refractivity contribution in [2.45, 2.75) is 18.7 Å². The van der Waals surface area contributed by atoms with Crippen LogP contribution >= 0.6 is 11.6 Å². The van der Waals surface area contributed by atoms with E-state index in [0.29, 0.717) is 22.0 Å². The SMILES string of the molecule is COc1ccc(Cl)c(NC(=O)c2ccn(S(=O)(=O)c3ccc(C)cc3)c2N=CN(C)C)c1C. The van der Waals surface area contributed by atoms with E-state index in [1.807, 2.05) is 6.92 Å². The van der Waals surface area contributed by atoms with Crippen molar-refractivity contribution in [3.8, 4) is 5.75 Å². The van der Waals surface area contributed by atoms with E-state index >= 15 is 0 Å². The predicted octanol–water partition coefficient (Wildman–Crippen LogP) is 4.48.